The van der Waals surface area contributed by atoms with Crippen molar-refractivity contribution in [2.24, 2.45) is 5.10 Å². The second kappa shape index (κ2) is 8.15. The Bertz CT molecular complexity index is 898. The van der Waals surface area contributed by atoms with E-state index in [9.17, 15) is 9.90 Å². The molecule has 1 aromatic heterocycles. The standard InChI is InChI=1S/C17H20N4O4S/c1-2-25-13-5-3-12(4-6-13)21-16(23)14(15(22)19-17(21)26)11-18-20-7-9-24-10-8-20/h3-6,11,23H,2,7-10H2,1H3,(H,19,22,26). The van der Waals surface area contributed by atoms with Crippen LogP contribution in [0.2, 0.25) is 0 Å². The van der Waals surface area contributed by atoms with Crippen molar-refractivity contribution in [1.82, 2.24) is 14.6 Å². The summed E-state index contributed by atoms with van der Waals surface area (Å²) in [5.74, 6) is 0.445. The molecule has 2 aromatic rings. The molecule has 1 saturated heterocycles. The Morgan fingerprint density at radius 1 is 1.35 bits per heavy atom. The number of aromatic hydroxyl groups is 1. The lowest BCUT2D eigenvalue weighted by molar-refractivity contribution is 0.0396. The van der Waals surface area contributed by atoms with Gasteiger partial charge in [0.2, 0.25) is 5.88 Å². The Labute approximate surface area is 155 Å². The summed E-state index contributed by atoms with van der Waals surface area (Å²) in [5.41, 5.74) is 0.152. The van der Waals surface area contributed by atoms with Crippen molar-refractivity contribution < 1.29 is 14.6 Å². The summed E-state index contributed by atoms with van der Waals surface area (Å²) in [4.78, 5) is 14.8. The van der Waals surface area contributed by atoms with Gasteiger partial charge in [0.15, 0.2) is 4.77 Å². The number of hydrazone groups is 1. The van der Waals surface area contributed by atoms with Crippen LogP contribution in [0.3, 0.4) is 0 Å². The molecule has 1 aromatic carbocycles. The molecule has 26 heavy (non-hydrogen) atoms. The van der Waals surface area contributed by atoms with Crippen molar-refractivity contribution in [3.63, 3.8) is 0 Å². The van der Waals surface area contributed by atoms with Gasteiger partial charge < -0.3 is 14.6 Å². The number of hydrogen-bond acceptors (Lipinski definition) is 7. The lowest BCUT2D eigenvalue weighted by atomic mass is 10.2. The van der Waals surface area contributed by atoms with Gasteiger partial charge in [0, 0.05) is 0 Å². The zero-order valence-corrected chi connectivity index (χ0v) is 15.2. The van der Waals surface area contributed by atoms with Crippen LogP contribution in [0.15, 0.2) is 34.2 Å². The van der Waals surface area contributed by atoms with Gasteiger partial charge in [-0.3, -0.25) is 19.4 Å². The Hall–Kier alpha value is -2.65. The van der Waals surface area contributed by atoms with Crippen LogP contribution in [0.5, 0.6) is 11.6 Å². The Morgan fingerprint density at radius 2 is 2.04 bits per heavy atom. The monoisotopic (exact) mass is 376 g/mol. The maximum absolute atomic E-state index is 12.2. The molecule has 0 atom stereocenters. The predicted octanol–water partition coefficient (Wildman–Crippen LogP) is 1.67. The van der Waals surface area contributed by atoms with Gasteiger partial charge in [0.25, 0.3) is 5.56 Å². The summed E-state index contributed by atoms with van der Waals surface area (Å²) >= 11 is 5.21. The minimum absolute atomic E-state index is 0.0407. The zero-order valence-electron chi connectivity index (χ0n) is 14.3. The second-order valence-corrected chi connectivity index (χ2v) is 5.96. The van der Waals surface area contributed by atoms with Crippen molar-refractivity contribution in [1.29, 1.82) is 0 Å². The van der Waals surface area contributed by atoms with Gasteiger partial charge in [-0.1, -0.05) is 0 Å². The molecule has 3 rings (SSSR count). The van der Waals surface area contributed by atoms with E-state index in [1.54, 1.807) is 29.3 Å². The van der Waals surface area contributed by atoms with E-state index in [2.05, 4.69) is 10.1 Å². The summed E-state index contributed by atoms with van der Waals surface area (Å²) in [6.45, 7) is 4.89. The third-order valence-corrected chi connectivity index (χ3v) is 4.15. The minimum Gasteiger partial charge on any atom is -0.494 e. The van der Waals surface area contributed by atoms with Crippen molar-refractivity contribution in [3.8, 4) is 17.3 Å². The third kappa shape index (κ3) is 3.94. The van der Waals surface area contributed by atoms with Gasteiger partial charge in [-0.25, -0.2) is 0 Å². The Balaban J connectivity index is 1.97. The average molecular weight is 376 g/mol. The van der Waals surface area contributed by atoms with E-state index in [0.717, 1.165) is 0 Å². The van der Waals surface area contributed by atoms with Crippen LogP contribution in [0.1, 0.15) is 12.5 Å². The molecule has 0 spiro atoms. The predicted molar refractivity (Wildman–Crippen MR) is 100 cm³/mol. The number of nitrogens with zero attached hydrogens (tertiary/aromatic N) is 3. The van der Waals surface area contributed by atoms with E-state index in [1.165, 1.54) is 10.8 Å². The van der Waals surface area contributed by atoms with Gasteiger partial charge >= 0.3 is 0 Å². The molecule has 138 valence electrons. The summed E-state index contributed by atoms with van der Waals surface area (Å²) in [6, 6.07) is 7.04. The normalized spacial score (nSPS) is 14.7. The second-order valence-electron chi connectivity index (χ2n) is 5.57. The van der Waals surface area contributed by atoms with E-state index < -0.39 is 5.56 Å². The average Bonchev–Trinajstić information content (AvgIpc) is 2.64. The highest BCUT2D eigenvalue weighted by molar-refractivity contribution is 7.71. The largest absolute Gasteiger partial charge is 0.494 e. The van der Waals surface area contributed by atoms with Crippen LogP contribution < -0.4 is 10.3 Å². The molecule has 1 fully saturated rings. The zero-order chi connectivity index (χ0) is 18.5. The number of morpholine rings is 1. The number of hydrogen-bond donors (Lipinski definition) is 2. The molecule has 0 aliphatic carbocycles. The lowest BCUT2D eigenvalue weighted by Gasteiger charge is -2.23. The number of ether oxygens (including phenoxy) is 2. The third-order valence-electron chi connectivity index (χ3n) is 3.86. The van der Waals surface area contributed by atoms with Gasteiger partial charge in [-0.05, 0) is 43.4 Å². The van der Waals surface area contributed by atoms with Gasteiger partial charge in [-0.15, -0.1) is 0 Å². The molecule has 1 aliphatic rings. The van der Waals surface area contributed by atoms with Crippen molar-refractivity contribution in [3.05, 3.63) is 45.0 Å². The first-order valence-corrected chi connectivity index (χ1v) is 8.69. The molecule has 1 aliphatic heterocycles. The van der Waals surface area contributed by atoms with Crippen LogP contribution in [0.25, 0.3) is 5.69 Å². The van der Waals surface area contributed by atoms with Crippen LogP contribution in [-0.4, -0.2) is 58.8 Å². The smallest absolute Gasteiger partial charge is 0.264 e. The molecule has 9 heteroatoms. The highest BCUT2D eigenvalue weighted by atomic mass is 32.1. The molecule has 2 N–H and O–H groups in total. The van der Waals surface area contributed by atoms with Gasteiger partial charge in [0.1, 0.15) is 11.3 Å². The summed E-state index contributed by atoms with van der Waals surface area (Å²) in [7, 11) is 0. The molecule has 0 bridgehead atoms. The van der Waals surface area contributed by atoms with Crippen molar-refractivity contribution in [2.45, 2.75) is 6.92 Å². The summed E-state index contributed by atoms with van der Waals surface area (Å²) in [6.07, 6.45) is 1.35. The van der Waals surface area contributed by atoms with Crippen LogP contribution in [0, 0.1) is 4.77 Å². The lowest BCUT2D eigenvalue weighted by Crippen LogP contribution is -2.32. The fourth-order valence-electron chi connectivity index (χ4n) is 2.56. The first kappa shape index (κ1) is 18.2. The minimum atomic E-state index is -0.494. The number of H-pyrrole nitrogens is 1. The van der Waals surface area contributed by atoms with E-state index in [1.807, 2.05) is 6.92 Å². The van der Waals surface area contributed by atoms with Crippen LogP contribution in [-0.2, 0) is 4.74 Å². The molecular formula is C17H20N4O4S. The molecule has 8 nitrogen and oxygen atoms in total. The van der Waals surface area contributed by atoms with E-state index in [-0.39, 0.29) is 16.2 Å². The molecule has 0 radical (unpaired) electrons. The summed E-state index contributed by atoms with van der Waals surface area (Å²) < 4.78 is 12.2. The van der Waals surface area contributed by atoms with Crippen LogP contribution in [0.4, 0.5) is 0 Å². The molecule has 0 saturated carbocycles. The number of aromatic nitrogens is 2. The number of benzene rings is 1. The first-order valence-electron chi connectivity index (χ1n) is 8.28. The highest BCUT2D eigenvalue weighted by Gasteiger charge is 2.14. The highest BCUT2D eigenvalue weighted by Crippen LogP contribution is 2.21. The Kier molecular flexibility index (Phi) is 5.69. The SMILES string of the molecule is CCOc1ccc(-n2c(O)c(C=NN3CCOCC3)c(=O)[nH]c2=S)cc1. The Morgan fingerprint density at radius 3 is 2.69 bits per heavy atom. The van der Waals surface area contributed by atoms with Gasteiger partial charge in [0.05, 0.1) is 44.8 Å². The topological polar surface area (TPSA) is 92.1 Å². The number of nitrogens with one attached hydrogen (secondary N) is 1. The van der Waals surface area contributed by atoms with Gasteiger partial charge in [-0.2, -0.15) is 5.10 Å². The maximum atomic E-state index is 12.2. The molecule has 0 amide bonds. The van der Waals surface area contributed by atoms with E-state index >= 15 is 0 Å². The maximum Gasteiger partial charge on any atom is 0.264 e. The molecule has 0 unspecified atom stereocenters. The number of aromatic amines is 1. The molecule has 2 heterocycles. The van der Waals surface area contributed by atoms with E-state index in [0.29, 0.717) is 44.3 Å². The fraction of sp³-hybridized carbons (Fsp3) is 0.353. The number of rotatable bonds is 5. The van der Waals surface area contributed by atoms with Crippen molar-refractivity contribution >= 4 is 18.4 Å². The summed E-state index contributed by atoms with van der Waals surface area (Å²) in [5, 5.41) is 16.7. The van der Waals surface area contributed by atoms with E-state index in [4.69, 9.17) is 21.7 Å². The first-order chi connectivity index (χ1) is 12.6. The quantitative estimate of drug-likeness (QED) is 0.609. The van der Waals surface area contributed by atoms with Crippen LogP contribution >= 0.6 is 12.2 Å². The van der Waals surface area contributed by atoms with Crippen molar-refractivity contribution in [2.75, 3.05) is 32.9 Å². The molecular weight excluding hydrogens is 356 g/mol. The fourth-order valence-corrected chi connectivity index (χ4v) is 2.85.